The average molecular weight is 397 g/mol. The number of ether oxygens (including phenoxy) is 1. The van der Waals surface area contributed by atoms with Gasteiger partial charge in [-0.1, -0.05) is 35.4 Å². The largest absolute Gasteiger partial charge is 0.488 e. The first-order valence-corrected chi connectivity index (χ1v) is 8.85. The van der Waals surface area contributed by atoms with Gasteiger partial charge in [0.25, 0.3) is 0 Å². The Morgan fingerprint density at radius 2 is 1.38 bits per heavy atom. The van der Waals surface area contributed by atoms with Crippen LogP contribution in [0.4, 0.5) is 19.4 Å². The van der Waals surface area contributed by atoms with Gasteiger partial charge in [0, 0.05) is 10.7 Å². The highest BCUT2D eigenvalue weighted by molar-refractivity contribution is 9.10. The van der Waals surface area contributed by atoms with E-state index in [0.717, 1.165) is 12.1 Å². The molecule has 0 radical (unpaired) electrons. The third kappa shape index (κ3) is 6.42. The molecular weight excluding hydrogens is 379 g/mol. The maximum absolute atomic E-state index is 12.6. The van der Waals surface area contributed by atoms with E-state index in [1.165, 1.54) is 0 Å². The van der Waals surface area contributed by atoms with E-state index in [4.69, 9.17) is 4.74 Å². The van der Waals surface area contributed by atoms with Crippen molar-refractivity contribution in [1.29, 1.82) is 0 Å². The smallest absolute Gasteiger partial charge is 0.310 e. The van der Waals surface area contributed by atoms with Gasteiger partial charge >= 0.3 is 10.2 Å². The molecular formula is C13H18BrF5OS. The Kier molecular flexibility index (Phi) is 3.98. The Morgan fingerprint density at radius 3 is 1.71 bits per heavy atom. The Labute approximate surface area is 129 Å². The Morgan fingerprint density at radius 1 is 0.952 bits per heavy atom. The fourth-order valence-corrected chi connectivity index (χ4v) is 3.46. The Bertz CT molecular complexity index is 516. The Hall–Kier alpha value is -0.500. The lowest BCUT2D eigenvalue weighted by molar-refractivity contribution is 0.0914. The summed E-state index contributed by atoms with van der Waals surface area (Å²) in [5.74, 6) is 0.113. The second-order valence-electron chi connectivity index (χ2n) is 6.20. The standard InChI is InChI=1S/C13H18BrF5OS/c1-12(2,14)9-13(3,4)20-10-5-7-11(8-6-10)21(15,16,17,18)19/h5-8H,9H2,1-4H3. The minimum atomic E-state index is -9.62. The molecule has 0 aromatic heterocycles. The van der Waals surface area contributed by atoms with Crippen LogP contribution >= 0.6 is 26.2 Å². The summed E-state index contributed by atoms with van der Waals surface area (Å²) in [6.45, 7) is 7.40. The predicted molar refractivity (Wildman–Crippen MR) is 80.2 cm³/mol. The van der Waals surface area contributed by atoms with Gasteiger partial charge in [-0.25, -0.2) is 0 Å². The fourth-order valence-electron chi connectivity index (χ4n) is 2.13. The van der Waals surface area contributed by atoms with Crippen molar-refractivity contribution in [3.63, 3.8) is 0 Å². The van der Waals surface area contributed by atoms with E-state index in [1.807, 2.05) is 13.8 Å². The quantitative estimate of drug-likeness (QED) is 0.382. The lowest BCUT2D eigenvalue weighted by Crippen LogP contribution is -2.34. The van der Waals surface area contributed by atoms with Crippen LogP contribution < -0.4 is 4.74 Å². The van der Waals surface area contributed by atoms with Gasteiger partial charge in [0.05, 0.1) is 0 Å². The maximum Gasteiger partial charge on any atom is 0.310 e. The molecule has 0 N–H and O–H groups in total. The summed E-state index contributed by atoms with van der Waals surface area (Å²) in [6, 6.07) is 2.53. The van der Waals surface area contributed by atoms with Crippen molar-refractivity contribution >= 4 is 26.2 Å². The van der Waals surface area contributed by atoms with E-state index in [2.05, 4.69) is 15.9 Å². The summed E-state index contributed by atoms with van der Waals surface area (Å²) in [4.78, 5) is -1.92. The highest BCUT2D eigenvalue weighted by Crippen LogP contribution is 3.02. The van der Waals surface area contributed by atoms with Crippen LogP contribution in [0.3, 0.4) is 0 Å². The molecule has 0 aliphatic heterocycles. The fraction of sp³-hybridized carbons (Fsp3) is 0.538. The van der Waals surface area contributed by atoms with Gasteiger partial charge in [0.2, 0.25) is 0 Å². The molecule has 1 aromatic rings. The molecule has 0 bridgehead atoms. The number of rotatable bonds is 5. The summed E-state index contributed by atoms with van der Waals surface area (Å²) >= 11 is 3.46. The summed E-state index contributed by atoms with van der Waals surface area (Å²) < 4.78 is 68.3. The van der Waals surface area contributed by atoms with Crippen LogP contribution in [-0.4, -0.2) is 9.93 Å². The summed E-state index contributed by atoms with van der Waals surface area (Å²) in [5.41, 5.74) is -0.663. The number of alkyl halides is 1. The SMILES string of the molecule is CC(C)(Br)CC(C)(C)Oc1ccc(S(F)(F)(F)(F)F)cc1. The number of hydrogen-bond donors (Lipinski definition) is 0. The van der Waals surface area contributed by atoms with E-state index < -0.39 is 20.7 Å². The summed E-state index contributed by atoms with van der Waals surface area (Å²) in [5, 5.41) is 0. The molecule has 0 fully saturated rings. The normalized spacial score (nSPS) is 17.0. The van der Waals surface area contributed by atoms with Gasteiger partial charge in [-0.3, -0.25) is 0 Å². The molecule has 0 saturated heterocycles. The van der Waals surface area contributed by atoms with Crippen molar-refractivity contribution in [2.45, 2.75) is 48.9 Å². The molecule has 0 unspecified atom stereocenters. The monoisotopic (exact) mass is 396 g/mol. The molecule has 124 valence electrons. The van der Waals surface area contributed by atoms with Crippen LogP contribution in [0.2, 0.25) is 0 Å². The zero-order valence-electron chi connectivity index (χ0n) is 12.1. The van der Waals surface area contributed by atoms with Crippen molar-refractivity contribution in [2.75, 3.05) is 0 Å². The van der Waals surface area contributed by atoms with Gasteiger partial charge in [0.15, 0.2) is 0 Å². The highest BCUT2D eigenvalue weighted by Gasteiger charge is 2.65. The topological polar surface area (TPSA) is 9.23 Å². The highest BCUT2D eigenvalue weighted by atomic mass is 79.9. The molecule has 0 heterocycles. The van der Waals surface area contributed by atoms with Crippen molar-refractivity contribution < 1.29 is 24.2 Å². The lowest BCUT2D eigenvalue weighted by atomic mass is 9.96. The maximum atomic E-state index is 12.6. The zero-order chi connectivity index (χ0) is 16.8. The second-order valence-corrected chi connectivity index (χ2v) is 10.8. The first kappa shape index (κ1) is 18.5. The van der Waals surface area contributed by atoms with Crippen LogP contribution in [0.5, 0.6) is 5.75 Å². The summed E-state index contributed by atoms with van der Waals surface area (Å²) in [6.07, 6.45) is 0.573. The molecule has 0 amide bonds. The number of halogens is 6. The van der Waals surface area contributed by atoms with Gasteiger partial charge in [-0.15, -0.1) is 0 Å². The second kappa shape index (κ2) is 4.50. The van der Waals surface area contributed by atoms with Crippen molar-refractivity contribution in [3.8, 4) is 5.75 Å². The van der Waals surface area contributed by atoms with Crippen LogP contribution in [-0.2, 0) is 0 Å². The van der Waals surface area contributed by atoms with E-state index in [-0.39, 0.29) is 10.1 Å². The molecule has 1 nitrogen and oxygen atoms in total. The van der Waals surface area contributed by atoms with Crippen molar-refractivity contribution in [3.05, 3.63) is 24.3 Å². The van der Waals surface area contributed by atoms with Crippen molar-refractivity contribution in [2.24, 2.45) is 0 Å². The molecule has 0 atom stereocenters. The van der Waals surface area contributed by atoms with Crippen LogP contribution in [0.15, 0.2) is 29.2 Å². The predicted octanol–water partition coefficient (Wildman–Crippen LogP) is 7.07. The molecule has 21 heavy (non-hydrogen) atoms. The molecule has 1 rings (SSSR count). The Balaban J connectivity index is 2.96. The van der Waals surface area contributed by atoms with Crippen LogP contribution in [0, 0.1) is 0 Å². The van der Waals surface area contributed by atoms with Gasteiger partial charge in [-0.2, -0.15) is 0 Å². The third-order valence-corrected chi connectivity index (χ3v) is 3.95. The number of hydrogen-bond acceptors (Lipinski definition) is 1. The lowest BCUT2D eigenvalue weighted by Gasteiger charge is -2.40. The first-order valence-electron chi connectivity index (χ1n) is 6.10. The minimum Gasteiger partial charge on any atom is -0.488 e. The molecule has 8 heteroatoms. The number of benzene rings is 1. The molecule has 1 aromatic carbocycles. The van der Waals surface area contributed by atoms with E-state index >= 15 is 0 Å². The zero-order valence-corrected chi connectivity index (χ0v) is 14.5. The first-order chi connectivity index (χ1) is 8.88. The average Bonchev–Trinajstić information content (AvgIpc) is 2.09. The van der Waals surface area contributed by atoms with Crippen LogP contribution in [0.1, 0.15) is 34.1 Å². The molecule has 0 saturated carbocycles. The minimum absolute atomic E-state index is 0.113. The van der Waals surface area contributed by atoms with E-state index in [1.54, 1.807) is 13.8 Å². The van der Waals surface area contributed by atoms with Gasteiger partial charge < -0.3 is 4.74 Å². The molecule has 0 aliphatic rings. The third-order valence-electron chi connectivity index (χ3n) is 2.51. The van der Waals surface area contributed by atoms with Gasteiger partial charge in [-0.05, 0) is 52.0 Å². The van der Waals surface area contributed by atoms with Crippen molar-refractivity contribution in [1.82, 2.24) is 0 Å². The van der Waals surface area contributed by atoms with E-state index in [9.17, 15) is 19.4 Å². The molecule has 0 aliphatic carbocycles. The van der Waals surface area contributed by atoms with Crippen LogP contribution in [0.25, 0.3) is 0 Å². The van der Waals surface area contributed by atoms with Gasteiger partial charge in [0.1, 0.15) is 16.2 Å². The summed E-state index contributed by atoms with van der Waals surface area (Å²) in [7, 11) is -9.62. The molecule has 0 spiro atoms. The van der Waals surface area contributed by atoms with E-state index in [0.29, 0.717) is 18.6 Å².